The summed E-state index contributed by atoms with van der Waals surface area (Å²) in [5, 5.41) is 0. The van der Waals surface area contributed by atoms with Crippen molar-refractivity contribution < 1.29 is 17.9 Å². The fraction of sp³-hybridized carbons (Fsp3) is 0.200. The van der Waals surface area contributed by atoms with E-state index in [0.717, 1.165) is 23.4 Å². The first-order chi connectivity index (χ1) is 16.8. The Kier molecular flexibility index (Phi) is 6.04. The summed E-state index contributed by atoms with van der Waals surface area (Å²) in [5.74, 6) is 0.244. The maximum Gasteiger partial charge on any atom is 0.573 e. The second kappa shape index (κ2) is 9.30. The van der Waals surface area contributed by atoms with Gasteiger partial charge in [-0.3, -0.25) is 19.7 Å². The minimum atomic E-state index is -4.72. The van der Waals surface area contributed by atoms with Crippen molar-refractivity contribution in [3.05, 3.63) is 94.3 Å². The lowest BCUT2D eigenvalue weighted by molar-refractivity contribution is -0.274. The van der Waals surface area contributed by atoms with E-state index in [9.17, 15) is 18.0 Å². The molecule has 0 spiro atoms. The molecule has 0 atom stereocenters. The third-order valence-electron chi connectivity index (χ3n) is 5.70. The van der Waals surface area contributed by atoms with E-state index in [4.69, 9.17) is 0 Å². The first-order valence-electron chi connectivity index (χ1n) is 10.9. The zero-order chi connectivity index (χ0) is 24.4. The van der Waals surface area contributed by atoms with Crippen molar-refractivity contribution in [2.75, 3.05) is 6.54 Å². The molecule has 1 aliphatic heterocycles. The maximum atomic E-state index is 12.7. The minimum absolute atomic E-state index is 0.148. The monoisotopic (exact) mass is 479 g/mol. The molecule has 1 aliphatic rings. The Bertz CT molecular complexity index is 1370. The molecule has 0 bridgehead atoms. The Hall–Kier alpha value is -4.05. The molecule has 1 N–H and O–H groups in total. The number of pyridine rings is 2. The SMILES string of the molecule is O=c1[nH]c(-c2cccnc2)nc2c1CN(Cc1ccc(-c3ccc(OC(F)(F)F)cc3)nc1)CC2. The minimum Gasteiger partial charge on any atom is -0.406 e. The van der Waals surface area contributed by atoms with Crippen LogP contribution in [0.25, 0.3) is 22.6 Å². The van der Waals surface area contributed by atoms with Crippen LogP contribution in [0.3, 0.4) is 0 Å². The molecule has 0 fully saturated rings. The molecule has 0 saturated heterocycles. The van der Waals surface area contributed by atoms with Gasteiger partial charge in [0.1, 0.15) is 11.6 Å². The fourth-order valence-corrected chi connectivity index (χ4v) is 4.03. The fourth-order valence-electron chi connectivity index (χ4n) is 4.03. The number of hydrogen-bond donors (Lipinski definition) is 1. The van der Waals surface area contributed by atoms with Crippen molar-refractivity contribution in [3.63, 3.8) is 0 Å². The highest BCUT2D eigenvalue weighted by atomic mass is 19.4. The summed E-state index contributed by atoms with van der Waals surface area (Å²) in [6.45, 7) is 1.83. The highest BCUT2D eigenvalue weighted by Gasteiger charge is 2.31. The van der Waals surface area contributed by atoms with E-state index in [0.29, 0.717) is 42.2 Å². The highest BCUT2D eigenvalue weighted by molar-refractivity contribution is 5.60. The summed E-state index contributed by atoms with van der Waals surface area (Å²) < 4.78 is 40.9. The number of aromatic amines is 1. The van der Waals surface area contributed by atoms with E-state index in [-0.39, 0.29) is 11.3 Å². The Balaban J connectivity index is 1.25. The number of rotatable bonds is 5. The molecule has 4 aromatic rings. The van der Waals surface area contributed by atoms with Crippen molar-refractivity contribution in [2.45, 2.75) is 25.9 Å². The van der Waals surface area contributed by atoms with E-state index in [2.05, 4.69) is 29.6 Å². The Morgan fingerprint density at radius 1 is 1.03 bits per heavy atom. The summed E-state index contributed by atoms with van der Waals surface area (Å²) in [4.78, 5) is 30.9. The predicted octanol–water partition coefficient (Wildman–Crippen LogP) is 4.35. The molecule has 10 heteroatoms. The number of hydrogen-bond acceptors (Lipinski definition) is 6. The van der Waals surface area contributed by atoms with Crippen LogP contribution in [0, 0.1) is 0 Å². The van der Waals surface area contributed by atoms with Crippen LogP contribution in [0.2, 0.25) is 0 Å². The van der Waals surface area contributed by atoms with Gasteiger partial charge < -0.3 is 9.72 Å². The number of ether oxygens (including phenoxy) is 1. The number of fused-ring (bicyclic) bond motifs is 1. The number of alkyl halides is 3. The second-order valence-corrected chi connectivity index (χ2v) is 8.17. The first-order valence-corrected chi connectivity index (χ1v) is 10.9. The quantitative estimate of drug-likeness (QED) is 0.458. The Morgan fingerprint density at radius 3 is 2.54 bits per heavy atom. The average molecular weight is 479 g/mol. The van der Waals surface area contributed by atoms with Gasteiger partial charge in [0.2, 0.25) is 0 Å². The standard InChI is InChI=1S/C25H20F3N5O2/c26-25(27,28)35-19-6-4-17(5-7-19)21-8-3-16(12-30-21)14-33-11-9-22-20(15-33)24(34)32-23(31-22)18-2-1-10-29-13-18/h1-8,10,12-13H,9,11,14-15H2,(H,31,32,34). The van der Waals surface area contributed by atoms with Gasteiger partial charge in [0, 0.05) is 55.8 Å². The molecular formula is C25H20F3N5O2. The molecule has 178 valence electrons. The Labute approximate surface area is 198 Å². The lowest BCUT2D eigenvalue weighted by Gasteiger charge is -2.27. The second-order valence-electron chi connectivity index (χ2n) is 8.17. The van der Waals surface area contributed by atoms with Crippen LogP contribution < -0.4 is 10.3 Å². The number of benzene rings is 1. The number of nitrogens with one attached hydrogen (secondary N) is 1. The normalized spacial score (nSPS) is 13.9. The van der Waals surface area contributed by atoms with E-state index in [1.807, 2.05) is 18.2 Å². The molecule has 0 saturated carbocycles. The van der Waals surface area contributed by atoms with Gasteiger partial charge in [-0.05, 0) is 48.0 Å². The molecule has 0 unspecified atom stereocenters. The largest absolute Gasteiger partial charge is 0.573 e. The van der Waals surface area contributed by atoms with Gasteiger partial charge in [-0.15, -0.1) is 13.2 Å². The number of nitrogens with zero attached hydrogens (tertiary/aromatic N) is 4. The molecule has 3 aromatic heterocycles. The zero-order valence-corrected chi connectivity index (χ0v) is 18.4. The molecule has 5 rings (SSSR count). The summed E-state index contributed by atoms with van der Waals surface area (Å²) in [6, 6.07) is 13.0. The van der Waals surface area contributed by atoms with E-state index in [1.165, 1.54) is 24.3 Å². The zero-order valence-electron chi connectivity index (χ0n) is 18.4. The lowest BCUT2D eigenvalue weighted by Crippen LogP contribution is -2.35. The third-order valence-corrected chi connectivity index (χ3v) is 5.70. The third kappa shape index (κ3) is 5.38. The van der Waals surface area contributed by atoms with Crippen molar-refractivity contribution in [1.29, 1.82) is 0 Å². The molecule has 0 aliphatic carbocycles. The van der Waals surface area contributed by atoms with Crippen LogP contribution in [0.4, 0.5) is 13.2 Å². The molecule has 4 heterocycles. The molecule has 0 amide bonds. The topological polar surface area (TPSA) is 84.0 Å². The van der Waals surface area contributed by atoms with Crippen molar-refractivity contribution in [1.82, 2.24) is 24.8 Å². The van der Waals surface area contributed by atoms with E-state index >= 15 is 0 Å². The van der Waals surface area contributed by atoms with Gasteiger partial charge in [0.05, 0.1) is 17.0 Å². The lowest BCUT2D eigenvalue weighted by atomic mass is 10.1. The summed E-state index contributed by atoms with van der Waals surface area (Å²) in [6.07, 6.45) is 1.01. The highest BCUT2D eigenvalue weighted by Crippen LogP contribution is 2.26. The van der Waals surface area contributed by atoms with Gasteiger partial charge in [-0.25, -0.2) is 4.98 Å². The van der Waals surface area contributed by atoms with Gasteiger partial charge in [-0.1, -0.05) is 6.07 Å². The smallest absolute Gasteiger partial charge is 0.406 e. The van der Waals surface area contributed by atoms with Crippen LogP contribution in [0.5, 0.6) is 5.75 Å². The summed E-state index contributed by atoms with van der Waals surface area (Å²) in [7, 11) is 0. The number of H-pyrrole nitrogens is 1. The van der Waals surface area contributed by atoms with Crippen LogP contribution in [-0.2, 0) is 19.5 Å². The van der Waals surface area contributed by atoms with Crippen LogP contribution >= 0.6 is 0 Å². The van der Waals surface area contributed by atoms with Gasteiger partial charge in [0.25, 0.3) is 5.56 Å². The molecule has 1 aromatic carbocycles. The number of halogens is 3. The van der Waals surface area contributed by atoms with Gasteiger partial charge >= 0.3 is 6.36 Å². The summed E-state index contributed by atoms with van der Waals surface area (Å²) >= 11 is 0. The van der Waals surface area contributed by atoms with E-state index < -0.39 is 6.36 Å². The van der Waals surface area contributed by atoms with Crippen molar-refractivity contribution in [2.24, 2.45) is 0 Å². The molecule has 35 heavy (non-hydrogen) atoms. The Morgan fingerprint density at radius 2 is 1.86 bits per heavy atom. The van der Waals surface area contributed by atoms with Crippen molar-refractivity contribution >= 4 is 0 Å². The maximum absolute atomic E-state index is 12.7. The average Bonchev–Trinajstić information content (AvgIpc) is 2.85. The van der Waals surface area contributed by atoms with Crippen molar-refractivity contribution in [3.8, 4) is 28.4 Å². The predicted molar refractivity (Wildman–Crippen MR) is 122 cm³/mol. The molecule has 7 nitrogen and oxygen atoms in total. The molecule has 0 radical (unpaired) electrons. The number of aromatic nitrogens is 4. The molecular weight excluding hydrogens is 459 g/mol. The summed E-state index contributed by atoms with van der Waals surface area (Å²) in [5.41, 5.74) is 4.36. The van der Waals surface area contributed by atoms with Crippen LogP contribution in [-0.4, -0.2) is 37.7 Å². The van der Waals surface area contributed by atoms with E-state index in [1.54, 1.807) is 24.7 Å². The first kappa shape index (κ1) is 22.7. The van der Waals surface area contributed by atoms with Gasteiger partial charge in [-0.2, -0.15) is 0 Å². The van der Waals surface area contributed by atoms with Gasteiger partial charge in [0.15, 0.2) is 0 Å². The van der Waals surface area contributed by atoms with Crippen LogP contribution in [0.15, 0.2) is 71.9 Å². The van der Waals surface area contributed by atoms with Crippen LogP contribution in [0.1, 0.15) is 16.8 Å².